The average molecular weight is 289 g/mol. The van der Waals surface area contributed by atoms with Crippen molar-refractivity contribution >= 4 is 22.9 Å². The van der Waals surface area contributed by atoms with E-state index in [9.17, 15) is 0 Å². The molecule has 0 spiro atoms. The van der Waals surface area contributed by atoms with E-state index in [0.717, 1.165) is 31.2 Å². The lowest BCUT2D eigenvalue weighted by atomic mass is 10.2. The van der Waals surface area contributed by atoms with E-state index < -0.39 is 0 Å². The van der Waals surface area contributed by atoms with Crippen LogP contribution < -0.4 is 16.8 Å². The fourth-order valence-corrected chi connectivity index (χ4v) is 2.73. The van der Waals surface area contributed by atoms with Crippen LogP contribution in [0.25, 0.3) is 11.2 Å². The van der Waals surface area contributed by atoms with Crippen molar-refractivity contribution in [3.63, 3.8) is 0 Å². The van der Waals surface area contributed by atoms with Gasteiger partial charge in [0.05, 0.1) is 12.4 Å². The van der Waals surface area contributed by atoms with Crippen molar-refractivity contribution in [3.8, 4) is 0 Å². The molecule has 2 fully saturated rings. The predicted molar refractivity (Wildman–Crippen MR) is 78.6 cm³/mol. The second kappa shape index (κ2) is 4.81. The van der Waals surface area contributed by atoms with Gasteiger partial charge in [-0.15, -0.1) is 0 Å². The van der Waals surface area contributed by atoms with Crippen LogP contribution in [0.2, 0.25) is 0 Å². The van der Waals surface area contributed by atoms with E-state index in [0.29, 0.717) is 24.1 Å². The summed E-state index contributed by atoms with van der Waals surface area (Å²) >= 11 is 0. The highest BCUT2D eigenvalue weighted by Gasteiger charge is 2.28. The van der Waals surface area contributed by atoms with Crippen LogP contribution in [0, 0.1) is 0 Å². The maximum atomic E-state index is 5.91. The first-order chi connectivity index (χ1) is 10.2. The SMILES string of the molecule is NCC1CCC(n2cnc3c(NC4CC4)nc(N)nc32)O1. The summed E-state index contributed by atoms with van der Waals surface area (Å²) in [6, 6.07) is 0.483. The molecule has 21 heavy (non-hydrogen) atoms. The van der Waals surface area contributed by atoms with Gasteiger partial charge in [0.15, 0.2) is 17.0 Å². The first-order valence-electron chi connectivity index (χ1n) is 7.36. The lowest BCUT2D eigenvalue weighted by Crippen LogP contribution is -2.20. The number of aromatic nitrogens is 4. The van der Waals surface area contributed by atoms with Crippen LogP contribution in [-0.2, 0) is 4.74 Å². The van der Waals surface area contributed by atoms with Crippen molar-refractivity contribution in [3.05, 3.63) is 6.33 Å². The van der Waals surface area contributed by atoms with E-state index in [1.54, 1.807) is 6.33 Å². The fraction of sp³-hybridized carbons (Fsp3) is 0.615. The van der Waals surface area contributed by atoms with E-state index in [-0.39, 0.29) is 18.3 Å². The Morgan fingerprint density at radius 2 is 2.14 bits per heavy atom. The zero-order valence-electron chi connectivity index (χ0n) is 11.7. The number of nitrogens with one attached hydrogen (secondary N) is 1. The highest BCUT2D eigenvalue weighted by molar-refractivity contribution is 5.84. The van der Waals surface area contributed by atoms with Crippen LogP contribution in [-0.4, -0.2) is 38.2 Å². The molecule has 5 N–H and O–H groups in total. The molecule has 2 unspecified atom stereocenters. The molecule has 1 saturated carbocycles. The smallest absolute Gasteiger partial charge is 0.224 e. The molecule has 0 amide bonds. The van der Waals surface area contributed by atoms with Gasteiger partial charge in [0.25, 0.3) is 0 Å². The molecular formula is C13H19N7O. The van der Waals surface area contributed by atoms with Crippen molar-refractivity contribution in [2.45, 2.75) is 44.1 Å². The molecule has 1 aliphatic heterocycles. The Bertz CT molecular complexity index is 666. The van der Waals surface area contributed by atoms with E-state index >= 15 is 0 Å². The monoisotopic (exact) mass is 289 g/mol. The van der Waals surface area contributed by atoms with Gasteiger partial charge in [-0.25, -0.2) is 4.98 Å². The summed E-state index contributed by atoms with van der Waals surface area (Å²) in [5.74, 6) is 0.966. The van der Waals surface area contributed by atoms with E-state index in [1.807, 2.05) is 4.57 Å². The van der Waals surface area contributed by atoms with Crippen LogP contribution in [0.1, 0.15) is 31.9 Å². The Morgan fingerprint density at radius 3 is 2.86 bits per heavy atom. The Labute approximate surface area is 121 Å². The maximum absolute atomic E-state index is 5.91. The molecule has 2 aromatic heterocycles. The zero-order chi connectivity index (χ0) is 14.4. The summed E-state index contributed by atoms with van der Waals surface area (Å²) < 4.78 is 7.84. The standard InChI is InChI=1S/C13H19N7O/c14-5-8-3-4-9(21-8)20-6-16-10-11(17-7-1-2-7)18-13(15)19-12(10)20/h6-9H,1-5,14H2,(H3,15,17,18,19). The topological polar surface area (TPSA) is 117 Å². The number of rotatable bonds is 4. The second-order valence-corrected chi connectivity index (χ2v) is 5.70. The molecule has 8 nitrogen and oxygen atoms in total. The number of nitrogens with two attached hydrogens (primary N) is 2. The summed E-state index contributed by atoms with van der Waals surface area (Å²) in [5.41, 5.74) is 13.0. The van der Waals surface area contributed by atoms with Crippen LogP contribution >= 0.6 is 0 Å². The molecule has 1 aliphatic carbocycles. The van der Waals surface area contributed by atoms with Crippen LogP contribution in [0.5, 0.6) is 0 Å². The van der Waals surface area contributed by atoms with Crippen molar-refractivity contribution in [1.29, 1.82) is 0 Å². The number of fused-ring (bicyclic) bond motifs is 1. The summed E-state index contributed by atoms with van der Waals surface area (Å²) in [6.45, 7) is 0.536. The minimum atomic E-state index is -0.0772. The van der Waals surface area contributed by atoms with Gasteiger partial charge in [-0.1, -0.05) is 0 Å². The lowest BCUT2D eigenvalue weighted by molar-refractivity contribution is 0.00868. The molecule has 2 aliphatic rings. The first-order valence-corrected chi connectivity index (χ1v) is 7.36. The number of ether oxygens (including phenoxy) is 1. The molecular weight excluding hydrogens is 270 g/mol. The van der Waals surface area contributed by atoms with E-state index in [2.05, 4.69) is 20.3 Å². The lowest BCUT2D eigenvalue weighted by Gasteiger charge is -2.14. The number of nitrogen functional groups attached to an aromatic ring is 1. The summed E-state index contributed by atoms with van der Waals surface area (Å²) in [7, 11) is 0. The molecule has 3 heterocycles. The maximum Gasteiger partial charge on any atom is 0.224 e. The molecule has 4 rings (SSSR count). The van der Waals surface area contributed by atoms with Crippen molar-refractivity contribution in [1.82, 2.24) is 19.5 Å². The molecule has 0 radical (unpaired) electrons. The molecule has 0 aromatic carbocycles. The number of anilines is 2. The van der Waals surface area contributed by atoms with Gasteiger partial charge in [0.2, 0.25) is 5.95 Å². The third-order valence-electron chi connectivity index (χ3n) is 4.02. The number of hydrogen-bond donors (Lipinski definition) is 3. The van der Waals surface area contributed by atoms with Crippen molar-refractivity contribution in [2.24, 2.45) is 5.73 Å². The highest BCUT2D eigenvalue weighted by Crippen LogP contribution is 2.32. The Hall–Kier alpha value is -1.93. The van der Waals surface area contributed by atoms with E-state index in [4.69, 9.17) is 16.2 Å². The first kappa shape index (κ1) is 12.8. The van der Waals surface area contributed by atoms with Gasteiger partial charge in [-0.2, -0.15) is 9.97 Å². The minimum absolute atomic E-state index is 0.0772. The Balaban J connectivity index is 1.71. The molecule has 1 saturated heterocycles. The quantitative estimate of drug-likeness (QED) is 0.755. The van der Waals surface area contributed by atoms with Gasteiger partial charge in [-0.3, -0.25) is 4.57 Å². The Morgan fingerprint density at radius 1 is 1.29 bits per heavy atom. The van der Waals surface area contributed by atoms with Crippen molar-refractivity contribution < 1.29 is 4.74 Å². The van der Waals surface area contributed by atoms with Crippen molar-refractivity contribution in [2.75, 3.05) is 17.6 Å². The largest absolute Gasteiger partial charge is 0.368 e. The fourth-order valence-electron chi connectivity index (χ4n) is 2.73. The van der Waals surface area contributed by atoms with E-state index in [1.165, 1.54) is 0 Å². The molecule has 2 atom stereocenters. The van der Waals surface area contributed by atoms with Gasteiger partial charge < -0.3 is 21.5 Å². The third-order valence-corrected chi connectivity index (χ3v) is 4.02. The van der Waals surface area contributed by atoms with Crippen LogP contribution in [0.15, 0.2) is 6.33 Å². The predicted octanol–water partition coefficient (Wildman–Crippen LogP) is 0.619. The van der Waals surface area contributed by atoms with Gasteiger partial charge in [0, 0.05) is 12.6 Å². The molecule has 112 valence electrons. The van der Waals surface area contributed by atoms with Crippen LogP contribution in [0.3, 0.4) is 0 Å². The molecule has 8 heteroatoms. The molecule has 2 aromatic rings. The second-order valence-electron chi connectivity index (χ2n) is 5.70. The normalized spacial score (nSPS) is 25.6. The average Bonchev–Trinajstić information content (AvgIpc) is 3.01. The highest BCUT2D eigenvalue weighted by atomic mass is 16.5. The number of nitrogens with zero attached hydrogens (tertiary/aromatic N) is 4. The Kier molecular flexibility index (Phi) is 2.93. The summed E-state index contributed by atoms with van der Waals surface area (Å²) in [6.07, 6.45) is 5.96. The summed E-state index contributed by atoms with van der Waals surface area (Å²) in [5, 5.41) is 3.36. The van der Waals surface area contributed by atoms with Gasteiger partial charge in [-0.05, 0) is 25.7 Å². The zero-order valence-corrected chi connectivity index (χ0v) is 11.7. The number of imidazole rings is 1. The van der Waals surface area contributed by atoms with Crippen LogP contribution in [0.4, 0.5) is 11.8 Å². The van der Waals surface area contributed by atoms with Gasteiger partial charge >= 0.3 is 0 Å². The third kappa shape index (κ3) is 2.30. The summed E-state index contributed by atoms with van der Waals surface area (Å²) in [4.78, 5) is 13.1. The van der Waals surface area contributed by atoms with Gasteiger partial charge in [0.1, 0.15) is 6.23 Å². The minimum Gasteiger partial charge on any atom is -0.368 e. The number of hydrogen-bond acceptors (Lipinski definition) is 7. The molecule has 0 bridgehead atoms.